The maximum Gasteiger partial charge on any atom is 0.314 e. The second kappa shape index (κ2) is 6.61. The molecule has 1 atom stereocenters. The fourth-order valence-electron chi connectivity index (χ4n) is 2.19. The average molecular weight is 256 g/mol. The van der Waals surface area contributed by atoms with Crippen molar-refractivity contribution in [2.45, 2.75) is 46.0 Å². The predicted molar refractivity (Wildman–Crippen MR) is 69.4 cm³/mol. The van der Waals surface area contributed by atoms with Gasteiger partial charge in [0.15, 0.2) is 0 Å². The lowest BCUT2D eigenvalue weighted by molar-refractivity contribution is -0.137. The van der Waals surface area contributed by atoms with Crippen LogP contribution in [-0.2, 0) is 4.79 Å². The van der Waals surface area contributed by atoms with Gasteiger partial charge in [0.05, 0.1) is 0 Å². The van der Waals surface area contributed by atoms with Crippen LogP contribution in [0.3, 0.4) is 0 Å². The smallest absolute Gasteiger partial charge is 0.314 e. The van der Waals surface area contributed by atoms with Gasteiger partial charge in [0, 0.05) is 19.5 Å². The average Bonchev–Trinajstić information content (AvgIpc) is 3.04. The van der Waals surface area contributed by atoms with Crippen LogP contribution in [0, 0.1) is 11.3 Å². The van der Waals surface area contributed by atoms with Gasteiger partial charge < -0.3 is 15.7 Å². The van der Waals surface area contributed by atoms with E-state index in [1.165, 1.54) is 19.3 Å². The first-order valence-electron chi connectivity index (χ1n) is 6.71. The summed E-state index contributed by atoms with van der Waals surface area (Å²) in [6.07, 6.45) is 4.81. The van der Waals surface area contributed by atoms with Crippen LogP contribution in [0.2, 0.25) is 0 Å². The fraction of sp³-hybridized carbons (Fsp3) is 0.846. The SMILES string of the molecule is CCCC1(CNC(=O)NCC(C)CC(=O)O)CC1. The van der Waals surface area contributed by atoms with E-state index in [0.29, 0.717) is 12.0 Å². The summed E-state index contributed by atoms with van der Waals surface area (Å²) >= 11 is 0. The quantitative estimate of drug-likeness (QED) is 0.621. The van der Waals surface area contributed by atoms with Gasteiger partial charge in [0.25, 0.3) is 0 Å². The number of rotatable bonds is 8. The Balaban J connectivity index is 2.12. The second-order valence-electron chi connectivity index (χ2n) is 5.52. The molecule has 0 aromatic heterocycles. The lowest BCUT2D eigenvalue weighted by atomic mass is 10.0. The van der Waals surface area contributed by atoms with Crippen LogP contribution in [0.5, 0.6) is 0 Å². The van der Waals surface area contributed by atoms with E-state index >= 15 is 0 Å². The van der Waals surface area contributed by atoms with E-state index in [2.05, 4.69) is 17.6 Å². The Morgan fingerprint density at radius 3 is 2.50 bits per heavy atom. The van der Waals surface area contributed by atoms with Gasteiger partial charge in [-0.05, 0) is 30.6 Å². The van der Waals surface area contributed by atoms with E-state index in [-0.39, 0.29) is 18.4 Å². The Morgan fingerprint density at radius 1 is 1.33 bits per heavy atom. The number of carbonyl (C=O) groups excluding carboxylic acids is 1. The van der Waals surface area contributed by atoms with Crippen LogP contribution in [0.25, 0.3) is 0 Å². The van der Waals surface area contributed by atoms with Gasteiger partial charge >= 0.3 is 12.0 Å². The molecule has 5 heteroatoms. The molecule has 5 nitrogen and oxygen atoms in total. The molecule has 0 radical (unpaired) electrons. The van der Waals surface area contributed by atoms with E-state index in [1.807, 2.05) is 6.92 Å². The molecule has 0 heterocycles. The number of hydrogen-bond acceptors (Lipinski definition) is 2. The maximum absolute atomic E-state index is 11.5. The molecular formula is C13H24N2O3. The molecule has 1 unspecified atom stereocenters. The monoisotopic (exact) mass is 256 g/mol. The zero-order chi connectivity index (χ0) is 13.6. The first-order chi connectivity index (χ1) is 8.47. The molecule has 18 heavy (non-hydrogen) atoms. The van der Waals surface area contributed by atoms with E-state index < -0.39 is 5.97 Å². The zero-order valence-electron chi connectivity index (χ0n) is 11.3. The Labute approximate surface area is 108 Å². The van der Waals surface area contributed by atoms with Crippen molar-refractivity contribution in [3.63, 3.8) is 0 Å². The van der Waals surface area contributed by atoms with Gasteiger partial charge in [-0.25, -0.2) is 4.79 Å². The third kappa shape index (κ3) is 5.38. The van der Waals surface area contributed by atoms with Crippen LogP contribution in [0.1, 0.15) is 46.0 Å². The number of nitrogens with one attached hydrogen (secondary N) is 2. The molecule has 0 aromatic carbocycles. The minimum absolute atomic E-state index is 0.0428. The summed E-state index contributed by atoms with van der Waals surface area (Å²) in [6, 6.07) is -0.186. The molecule has 1 aliphatic carbocycles. The van der Waals surface area contributed by atoms with Crippen molar-refractivity contribution in [1.29, 1.82) is 0 Å². The lowest BCUT2D eigenvalue weighted by Crippen LogP contribution is -2.40. The molecule has 0 bridgehead atoms. The molecule has 1 rings (SSSR count). The van der Waals surface area contributed by atoms with Crippen LogP contribution < -0.4 is 10.6 Å². The van der Waals surface area contributed by atoms with Crippen molar-refractivity contribution in [2.75, 3.05) is 13.1 Å². The van der Waals surface area contributed by atoms with Gasteiger partial charge in [0.1, 0.15) is 0 Å². The highest BCUT2D eigenvalue weighted by atomic mass is 16.4. The summed E-state index contributed by atoms with van der Waals surface area (Å²) < 4.78 is 0. The van der Waals surface area contributed by atoms with Crippen molar-refractivity contribution >= 4 is 12.0 Å². The van der Waals surface area contributed by atoms with Gasteiger partial charge in [0.2, 0.25) is 0 Å². The van der Waals surface area contributed by atoms with E-state index in [9.17, 15) is 9.59 Å². The highest BCUT2D eigenvalue weighted by Gasteiger charge is 2.41. The first kappa shape index (κ1) is 14.8. The summed E-state index contributed by atoms with van der Waals surface area (Å²) in [5.74, 6) is -0.872. The molecule has 1 fully saturated rings. The largest absolute Gasteiger partial charge is 0.481 e. The third-order valence-corrected chi connectivity index (χ3v) is 3.50. The summed E-state index contributed by atoms with van der Waals surface area (Å²) in [5.41, 5.74) is 0.346. The van der Waals surface area contributed by atoms with Crippen molar-refractivity contribution in [3.8, 4) is 0 Å². The molecule has 0 spiro atoms. The number of carboxylic acid groups (broad SMARTS) is 1. The van der Waals surface area contributed by atoms with Crippen LogP contribution in [0.15, 0.2) is 0 Å². The number of amides is 2. The van der Waals surface area contributed by atoms with Gasteiger partial charge in [-0.3, -0.25) is 4.79 Å². The van der Waals surface area contributed by atoms with Crippen molar-refractivity contribution < 1.29 is 14.7 Å². The zero-order valence-corrected chi connectivity index (χ0v) is 11.3. The highest BCUT2D eigenvalue weighted by Crippen LogP contribution is 2.48. The van der Waals surface area contributed by atoms with Gasteiger partial charge in [-0.15, -0.1) is 0 Å². The number of aliphatic carboxylic acids is 1. The van der Waals surface area contributed by atoms with Crippen molar-refractivity contribution in [2.24, 2.45) is 11.3 Å². The highest BCUT2D eigenvalue weighted by molar-refractivity contribution is 5.74. The normalized spacial score (nSPS) is 17.9. The van der Waals surface area contributed by atoms with Crippen LogP contribution in [-0.4, -0.2) is 30.2 Å². The number of carbonyl (C=O) groups is 2. The Morgan fingerprint density at radius 2 is 2.00 bits per heavy atom. The standard InChI is InChI=1S/C13H24N2O3/c1-3-4-13(5-6-13)9-15-12(18)14-8-10(2)7-11(16)17/h10H,3-9H2,1-2H3,(H,16,17)(H2,14,15,18). The van der Waals surface area contributed by atoms with Crippen LogP contribution in [0.4, 0.5) is 4.79 Å². The summed E-state index contributed by atoms with van der Waals surface area (Å²) in [4.78, 5) is 22.0. The second-order valence-corrected chi connectivity index (χ2v) is 5.52. The molecule has 3 N–H and O–H groups in total. The Bertz CT molecular complexity index is 301. The lowest BCUT2D eigenvalue weighted by Gasteiger charge is -2.16. The van der Waals surface area contributed by atoms with Gasteiger partial charge in [-0.1, -0.05) is 20.3 Å². The van der Waals surface area contributed by atoms with Crippen molar-refractivity contribution in [3.05, 3.63) is 0 Å². The molecular weight excluding hydrogens is 232 g/mol. The molecule has 0 aromatic rings. The van der Waals surface area contributed by atoms with E-state index in [4.69, 9.17) is 5.11 Å². The number of hydrogen-bond donors (Lipinski definition) is 3. The summed E-state index contributed by atoms with van der Waals surface area (Å²) in [7, 11) is 0. The van der Waals surface area contributed by atoms with Crippen molar-refractivity contribution in [1.82, 2.24) is 10.6 Å². The predicted octanol–water partition coefficient (Wildman–Crippen LogP) is 1.98. The molecule has 0 saturated heterocycles. The number of carboxylic acids is 1. The minimum Gasteiger partial charge on any atom is -0.481 e. The van der Waals surface area contributed by atoms with E-state index in [1.54, 1.807) is 0 Å². The third-order valence-electron chi connectivity index (χ3n) is 3.50. The van der Waals surface area contributed by atoms with Gasteiger partial charge in [-0.2, -0.15) is 0 Å². The summed E-state index contributed by atoms with van der Waals surface area (Å²) in [6.45, 7) is 5.11. The number of urea groups is 1. The molecule has 104 valence electrons. The minimum atomic E-state index is -0.829. The molecule has 0 aliphatic heterocycles. The Hall–Kier alpha value is -1.26. The van der Waals surface area contributed by atoms with Crippen LogP contribution >= 0.6 is 0 Å². The maximum atomic E-state index is 11.5. The molecule has 2 amide bonds. The topological polar surface area (TPSA) is 78.4 Å². The summed E-state index contributed by atoms with van der Waals surface area (Å²) in [5, 5.41) is 14.2. The van der Waals surface area contributed by atoms with E-state index in [0.717, 1.165) is 13.0 Å². The Kier molecular flexibility index (Phi) is 5.44. The molecule has 1 saturated carbocycles. The first-order valence-corrected chi connectivity index (χ1v) is 6.71. The molecule has 1 aliphatic rings. The fourth-order valence-corrected chi connectivity index (χ4v) is 2.19.